The highest BCUT2D eigenvalue weighted by molar-refractivity contribution is 5.82. The molecule has 1 aromatic heterocycles. The van der Waals surface area contributed by atoms with Gasteiger partial charge in [-0.3, -0.25) is 0 Å². The van der Waals surface area contributed by atoms with Crippen LogP contribution in [0.5, 0.6) is 0 Å². The van der Waals surface area contributed by atoms with E-state index in [1.807, 2.05) is 20.8 Å². The maximum atomic E-state index is 13.2. The molecule has 0 fully saturated rings. The Balaban J connectivity index is 2.85. The van der Waals surface area contributed by atoms with Gasteiger partial charge in [0.1, 0.15) is 5.82 Å². The molecule has 0 spiro atoms. The minimum atomic E-state index is -0.286. The Bertz CT molecular complexity index is 544. The second-order valence-electron chi connectivity index (χ2n) is 4.84. The lowest BCUT2D eigenvalue weighted by Gasteiger charge is -2.19. The van der Waals surface area contributed by atoms with E-state index >= 15 is 0 Å². The first-order chi connectivity index (χ1) is 7.38. The normalized spacial score (nSPS) is 12.0. The third-order valence-electron chi connectivity index (χ3n) is 2.39. The maximum absolute atomic E-state index is 13.2. The molecule has 16 heavy (non-hydrogen) atoms. The third kappa shape index (κ3) is 1.83. The van der Waals surface area contributed by atoms with E-state index in [2.05, 4.69) is 9.97 Å². The van der Waals surface area contributed by atoms with Crippen LogP contribution in [0.4, 0.5) is 10.3 Å². The van der Waals surface area contributed by atoms with Crippen LogP contribution >= 0.6 is 0 Å². The molecule has 2 rings (SSSR count). The molecule has 84 valence electrons. The lowest BCUT2D eigenvalue weighted by molar-refractivity contribution is 0.574. The van der Waals surface area contributed by atoms with Crippen LogP contribution in [-0.2, 0) is 5.41 Å². The Kier molecular flexibility index (Phi) is 2.30. The molecule has 0 radical (unpaired) electrons. The molecule has 2 N–H and O–H groups in total. The van der Waals surface area contributed by atoms with Crippen molar-refractivity contribution in [2.75, 3.05) is 5.73 Å². The number of aromatic nitrogens is 2. The summed E-state index contributed by atoms with van der Waals surface area (Å²) >= 11 is 0. The van der Waals surface area contributed by atoms with E-state index in [1.165, 1.54) is 12.1 Å². The number of nitrogens with two attached hydrogens (primary N) is 1. The molecule has 1 heterocycles. The number of fused-ring (bicyclic) bond motifs is 1. The van der Waals surface area contributed by atoms with Gasteiger partial charge in [0.25, 0.3) is 0 Å². The Morgan fingerprint density at radius 1 is 1.19 bits per heavy atom. The van der Waals surface area contributed by atoms with Gasteiger partial charge >= 0.3 is 0 Å². The molecule has 0 amide bonds. The number of hydrogen-bond acceptors (Lipinski definition) is 3. The van der Waals surface area contributed by atoms with Gasteiger partial charge in [-0.2, -0.15) is 0 Å². The van der Waals surface area contributed by atoms with Crippen molar-refractivity contribution in [2.45, 2.75) is 26.2 Å². The largest absolute Gasteiger partial charge is 0.368 e. The van der Waals surface area contributed by atoms with Gasteiger partial charge in [-0.25, -0.2) is 14.4 Å². The summed E-state index contributed by atoms with van der Waals surface area (Å²) in [6, 6.07) is 4.45. The molecule has 0 aliphatic carbocycles. The van der Waals surface area contributed by atoms with Crippen LogP contribution in [0.25, 0.3) is 10.9 Å². The van der Waals surface area contributed by atoms with Gasteiger partial charge in [-0.05, 0) is 18.2 Å². The predicted octanol–water partition coefficient (Wildman–Crippen LogP) is 2.65. The lowest BCUT2D eigenvalue weighted by atomic mass is 9.89. The molecule has 0 saturated carbocycles. The first-order valence-electron chi connectivity index (χ1n) is 5.11. The van der Waals surface area contributed by atoms with E-state index in [4.69, 9.17) is 5.73 Å². The maximum Gasteiger partial charge on any atom is 0.220 e. The number of nitrogen functional groups attached to an aromatic ring is 1. The van der Waals surface area contributed by atoms with Crippen LogP contribution in [0.2, 0.25) is 0 Å². The zero-order valence-corrected chi connectivity index (χ0v) is 9.58. The molecule has 0 unspecified atom stereocenters. The molecule has 0 saturated heterocycles. The van der Waals surface area contributed by atoms with E-state index < -0.39 is 0 Å². The molecule has 1 aromatic carbocycles. The van der Waals surface area contributed by atoms with Gasteiger partial charge in [0.2, 0.25) is 5.95 Å². The number of rotatable bonds is 0. The van der Waals surface area contributed by atoms with Gasteiger partial charge in [0.05, 0.1) is 11.2 Å². The Labute approximate surface area is 93.5 Å². The molecule has 2 aromatic rings. The summed E-state index contributed by atoms with van der Waals surface area (Å²) in [4.78, 5) is 8.30. The summed E-state index contributed by atoms with van der Waals surface area (Å²) in [7, 11) is 0. The second kappa shape index (κ2) is 3.40. The smallest absolute Gasteiger partial charge is 0.220 e. The summed E-state index contributed by atoms with van der Waals surface area (Å²) in [6.07, 6.45) is 0. The van der Waals surface area contributed by atoms with Crippen molar-refractivity contribution < 1.29 is 4.39 Å². The van der Waals surface area contributed by atoms with E-state index in [0.717, 1.165) is 11.1 Å². The Hall–Kier alpha value is -1.71. The summed E-state index contributed by atoms with van der Waals surface area (Å²) in [5, 5.41) is 0.724. The van der Waals surface area contributed by atoms with Crippen molar-refractivity contribution in [2.24, 2.45) is 0 Å². The lowest BCUT2D eigenvalue weighted by Crippen LogP contribution is -2.16. The summed E-state index contributed by atoms with van der Waals surface area (Å²) in [6.45, 7) is 6.04. The Morgan fingerprint density at radius 2 is 1.88 bits per heavy atom. The minimum absolute atomic E-state index is 0.191. The van der Waals surface area contributed by atoms with Crippen LogP contribution in [0.3, 0.4) is 0 Å². The molecular weight excluding hydrogens is 205 g/mol. The topological polar surface area (TPSA) is 51.8 Å². The number of hydrogen-bond donors (Lipinski definition) is 1. The summed E-state index contributed by atoms with van der Waals surface area (Å²) in [5.41, 5.74) is 6.90. The number of halogens is 1. The monoisotopic (exact) mass is 219 g/mol. The van der Waals surface area contributed by atoms with Gasteiger partial charge < -0.3 is 5.73 Å². The van der Waals surface area contributed by atoms with Crippen LogP contribution in [0, 0.1) is 5.82 Å². The molecule has 0 bridgehead atoms. The molecule has 4 heteroatoms. The summed E-state index contributed by atoms with van der Waals surface area (Å²) < 4.78 is 13.2. The minimum Gasteiger partial charge on any atom is -0.368 e. The van der Waals surface area contributed by atoms with E-state index in [-0.39, 0.29) is 17.2 Å². The van der Waals surface area contributed by atoms with Crippen molar-refractivity contribution in [3.63, 3.8) is 0 Å². The Morgan fingerprint density at radius 3 is 2.50 bits per heavy atom. The van der Waals surface area contributed by atoms with Crippen molar-refractivity contribution in [1.82, 2.24) is 9.97 Å². The average Bonchev–Trinajstić information content (AvgIpc) is 2.16. The van der Waals surface area contributed by atoms with Gasteiger partial charge in [-0.1, -0.05) is 20.8 Å². The predicted molar refractivity (Wildman–Crippen MR) is 62.6 cm³/mol. The van der Waals surface area contributed by atoms with E-state index in [1.54, 1.807) is 6.07 Å². The molecular formula is C12H14FN3. The van der Waals surface area contributed by atoms with Gasteiger partial charge in [0.15, 0.2) is 0 Å². The highest BCUT2D eigenvalue weighted by Gasteiger charge is 2.20. The first kappa shape index (κ1) is 10.8. The van der Waals surface area contributed by atoms with E-state index in [9.17, 15) is 4.39 Å². The standard InChI is InChI=1S/C12H14FN3/c1-12(2,3)10-8-6-7(13)4-5-9(8)15-11(14)16-10/h4-6H,1-3H3,(H2,14,15,16). The van der Waals surface area contributed by atoms with Crippen molar-refractivity contribution in [1.29, 1.82) is 0 Å². The van der Waals surface area contributed by atoms with E-state index in [0.29, 0.717) is 5.52 Å². The fourth-order valence-corrected chi connectivity index (χ4v) is 1.69. The summed E-state index contributed by atoms with van der Waals surface area (Å²) in [5.74, 6) is -0.0598. The number of anilines is 1. The van der Waals surface area contributed by atoms with Crippen LogP contribution in [0.15, 0.2) is 18.2 Å². The van der Waals surface area contributed by atoms with Gasteiger partial charge in [-0.15, -0.1) is 0 Å². The molecule has 0 atom stereocenters. The fraction of sp³-hybridized carbons (Fsp3) is 0.333. The number of nitrogens with zero attached hydrogens (tertiary/aromatic N) is 2. The second-order valence-corrected chi connectivity index (χ2v) is 4.84. The molecule has 3 nitrogen and oxygen atoms in total. The molecule has 0 aliphatic heterocycles. The average molecular weight is 219 g/mol. The zero-order chi connectivity index (χ0) is 11.9. The third-order valence-corrected chi connectivity index (χ3v) is 2.39. The van der Waals surface area contributed by atoms with Crippen molar-refractivity contribution >= 4 is 16.9 Å². The highest BCUT2D eigenvalue weighted by atomic mass is 19.1. The first-order valence-corrected chi connectivity index (χ1v) is 5.11. The molecule has 0 aliphatic rings. The van der Waals surface area contributed by atoms with Crippen molar-refractivity contribution in [3.8, 4) is 0 Å². The zero-order valence-electron chi connectivity index (χ0n) is 9.58. The SMILES string of the molecule is CC(C)(C)c1nc(N)nc2ccc(F)cc12. The highest BCUT2D eigenvalue weighted by Crippen LogP contribution is 2.28. The van der Waals surface area contributed by atoms with Crippen LogP contribution in [0.1, 0.15) is 26.5 Å². The quantitative estimate of drug-likeness (QED) is 0.741. The number of benzene rings is 1. The fourth-order valence-electron chi connectivity index (χ4n) is 1.69. The van der Waals surface area contributed by atoms with Crippen LogP contribution in [-0.4, -0.2) is 9.97 Å². The van der Waals surface area contributed by atoms with Crippen LogP contribution < -0.4 is 5.73 Å². The van der Waals surface area contributed by atoms with Gasteiger partial charge in [0, 0.05) is 10.8 Å². The van der Waals surface area contributed by atoms with Crippen molar-refractivity contribution in [3.05, 3.63) is 29.7 Å².